The molecule has 76 valence electrons. The zero-order valence-electron chi connectivity index (χ0n) is 8.20. The van der Waals surface area contributed by atoms with Gasteiger partial charge in [0, 0.05) is 31.2 Å². The van der Waals surface area contributed by atoms with Crippen LogP contribution in [0.15, 0.2) is 6.20 Å². The van der Waals surface area contributed by atoms with Crippen molar-refractivity contribution >= 4 is 0 Å². The number of hydrogen-bond acceptors (Lipinski definition) is 3. The fourth-order valence-corrected chi connectivity index (χ4v) is 2.32. The summed E-state index contributed by atoms with van der Waals surface area (Å²) < 4.78 is 7.54. The van der Waals surface area contributed by atoms with Crippen LogP contribution in [0.5, 0.6) is 0 Å². The van der Waals surface area contributed by atoms with Gasteiger partial charge >= 0.3 is 0 Å². The maximum Gasteiger partial charge on any atom is 0.0558 e. The Morgan fingerprint density at radius 1 is 1.57 bits per heavy atom. The normalized spacial score (nSPS) is 26.4. The van der Waals surface area contributed by atoms with Crippen molar-refractivity contribution < 1.29 is 4.74 Å². The molecule has 1 aromatic rings. The molecule has 4 heteroatoms. The summed E-state index contributed by atoms with van der Waals surface area (Å²) in [6, 6.07) is 0. The molecule has 2 aliphatic rings. The molecule has 0 bridgehead atoms. The fraction of sp³-hybridized carbons (Fsp3) is 0.700. The lowest BCUT2D eigenvalue weighted by Gasteiger charge is -2.17. The number of nitrogens with one attached hydrogen (secondary N) is 1. The molecule has 1 unspecified atom stereocenters. The standard InChI is InChI=1S/C10H15N3O/c1-4-14-7-8(1)9-5-12-13-3-2-11-6-10(9)13/h5,8,11H,1-4,6-7H2. The predicted molar refractivity (Wildman–Crippen MR) is 52.1 cm³/mol. The van der Waals surface area contributed by atoms with Gasteiger partial charge in [-0.3, -0.25) is 4.68 Å². The molecule has 0 radical (unpaired) electrons. The average Bonchev–Trinajstić information content (AvgIpc) is 2.85. The highest BCUT2D eigenvalue weighted by atomic mass is 16.5. The van der Waals surface area contributed by atoms with Gasteiger partial charge in [-0.2, -0.15) is 5.10 Å². The highest BCUT2D eigenvalue weighted by molar-refractivity contribution is 5.24. The number of ether oxygens (including phenoxy) is 1. The smallest absolute Gasteiger partial charge is 0.0558 e. The topological polar surface area (TPSA) is 39.1 Å². The van der Waals surface area contributed by atoms with Crippen LogP contribution < -0.4 is 5.32 Å². The van der Waals surface area contributed by atoms with Crippen LogP contribution in [0, 0.1) is 0 Å². The molecule has 0 aromatic carbocycles. The third kappa shape index (κ3) is 1.26. The zero-order chi connectivity index (χ0) is 9.38. The van der Waals surface area contributed by atoms with Crippen LogP contribution in [0.4, 0.5) is 0 Å². The summed E-state index contributed by atoms with van der Waals surface area (Å²) in [7, 11) is 0. The molecular formula is C10H15N3O. The molecule has 3 heterocycles. The van der Waals surface area contributed by atoms with Gasteiger partial charge in [-0.05, 0) is 6.42 Å². The molecule has 1 atom stereocenters. The van der Waals surface area contributed by atoms with Crippen molar-refractivity contribution in [1.82, 2.24) is 15.1 Å². The molecule has 0 amide bonds. The lowest BCUT2D eigenvalue weighted by molar-refractivity contribution is 0.193. The first kappa shape index (κ1) is 8.44. The summed E-state index contributed by atoms with van der Waals surface area (Å²) >= 11 is 0. The minimum absolute atomic E-state index is 0.582. The number of nitrogens with zero attached hydrogens (tertiary/aromatic N) is 2. The summed E-state index contributed by atoms with van der Waals surface area (Å²) in [6.07, 6.45) is 3.18. The SMILES string of the molecule is c1nn2c(c1C1CCOC1)CNCC2. The van der Waals surface area contributed by atoms with E-state index < -0.39 is 0 Å². The van der Waals surface area contributed by atoms with E-state index in [2.05, 4.69) is 15.1 Å². The zero-order valence-corrected chi connectivity index (χ0v) is 8.20. The second-order valence-electron chi connectivity index (χ2n) is 4.01. The van der Waals surface area contributed by atoms with E-state index in [4.69, 9.17) is 4.74 Å². The number of fused-ring (bicyclic) bond motifs is 1. The van der Waals surface area contributed by atoms with Crippen molar-refractivity contribution in [3.8, 4) is 0 Å². The Morgan fingerprint density at radius 3 is 3.43 bits per heavy atom. The Morgan fingerprint density at radius 2 is 2.57 bits per heavy atom. The lowest BCUT2D eigenvalue weighted by Crippen LogP contribution is -2.29. The maximum absolute atomic E-state index is 5.41. The molecule has 3 rings (SSSR count). The Hall–Kier alpha value is -0.870. The van der Waals surface area contributed by atoms with E-state index in [1.165, 1.54) is 11.3 Å². The molecule has 1 saturated heterocycles. The third-order valence-electron chi connectivity index (χ3n) is 3.14. The van der Waals surface area contributed by atoms with Crippen molar-refractivity contribution in [1.29, 1.82) is 0 Å². The number of rotatable bonds is 1. The van der Waals surface area contributed by atoms with E-state index in [1.54, 1.807) is 0 Å². The van der Waals surface area contributed by atoms with E-state index in [0.29, 0.717) is 5.92 Å². The summed E-state index contributed by atoms with van der Waals surface area (Å²) in [4.78, 5) is 0. The number of aromatic nitrogens is 2. The van der Waals surface area contributed by atoms with Crippen LogP contribution in [0.1, 0.15) is 23.6 Å². The van der Waals surface area contributed by atoms with Gasteiger partial charge in [0.25, 0.3) is 0 Å². The highest BCUT2D eigenvalue weighted by Gasteiger charge is 2.24. The van der Waals surface area contributed by atoms with Crippen molar-refractivity contribution in [3.63, 3.8) is 0 Å². The van der Waals surface area contributed by atoms with E-state index in [9.17, 15) is 0 Å². The number of hydrogen-bond donors (Lipinski definition) is 1. The molecule has 2 aliphatic heterocycles. The minimum atomic E-state index is 0.582. The van der Waals surface area contributed by atoms with E-state index in [-0.39, 0.29) is 0 Å². The third-order valence-corrected chi connectivity index (χ3v) is 3.14. The van der Waals surface area contributed by atoms with E-state index >= 15 is 0 Å². The minimum Gasteiger partial charge on any atom is -0.381 e. The second-order valence-corrected chi connectivity index (χ2v) is 4.01. The van der Waals surface area contributed by atoms with Gasteiger partial charge in [0.1, 0.15) is 0 Å². The van der Waals surface area contributed by atoms with Crippen molar-refractivity contribution in [2.45, 2.75) is 25.4 Å². The molecule has 1 N–H and O–H groups in total. The Bertz CT molecular complexity index is 328. The average molecular weight is 193 g/mol. The van der Waals surface area contributed by atoms with Gasteiger partial charge < -0.3 is 10.1 Å². The van der Waals surface area contributed by atoms with Crippen LogP contribution in [0.25, 0.3) is 0 Å². The monoisotopic (exact) mass is 193 g/mol. The Balaban J connectivity index is 1.93. The van der Waals surface area contributed by atoms with Crippen LogP contribution >= 0.6 is 0 Å². The first-order valence-electron chi connectivity index (χ1n) is 5.28. The van der Waals surface area contributed by atoms with Gasteiger partial charge in [0.15, 0.2) is 0 Å². The van der Waals surface area contributed by atoms with Crippen LogP contribution in [0.3, 0.4) is 0 Å². The molecule has 1 aromatic heterocycles. The van der Waals surface area contributed by atoms with E-state index in [1.807, 2.05) is 6.20 Å². The maximum atomic E-state index is 5.41. The first-order valence-corrected chi connectivity index (χ1v) is 5.28. The first-order chi connectivity index (χ1) is 6.95. The summed E-state index contributed by atoms with van der Waals surface area (Å²) in [5.41, 5.74) is 2.77. The van der Waals surface area contributed by atoms with Crippen LogP contribution in [-0.4, -0.2) is 29.5 Å². The van der Waals surface area contributed by atoms with Gasteiger partial charge in [0.2, 0.25) is 0 Å². The van der Waals surface area contributed by atoms with Crippen molar-refractivity contribution in [2.75, 3.05) is 19.8 Å². The molecule has 1 fully saturated rings. The molecule has 4 nitrogen and oxygen atoms in total. The fourth-order valence-electron chi connectivity index (χ4n) is 2.32. The van der Waals surface area contributed by atoms with E-state index in [0.717, 1.165) is 39.3 Å². The van der Waals surface area contributed by atoms with Gasteiger partial charge in [-0.1, -0.05) is 0 Å². The van der Waals surface area contributed by atoms with Crippen molar-refractivity contribution in [3.05, 3.63) is 17.5 Å². The quantitative estimate of drug-likeness (QED) is 0.705. The second kappa shape index (κ2) is 3.37. The highest BCUT2D eigenvalue weighted by Crippen LogP contribution is 2.28. The molecule has 0 aliphatic carbocycles. The van der Waals surface area contributed by atoms with Gasteiger partial charge in [-0.15, -0.1) is 0 Å². The van der Waals surface area contributed by atoms with Gasteiger partial charge in [0.05, 0.1) is 25.0 Å². The predicted octanol–water partition coefficient (Wildman–Crippen LogP) is 0.490. The van der Waals surface area contributed by atoms with Crippen molar-refractivity contribution in [2.24, 2.45) is 0 Å². The van der Waals surface area contributed by atoms with Crippen LogP contribution in [0.2, 0.25) is 0 Å². The summed E-state index contributed by atoms with van der Waals surface area (Å²) in [5, 5.41) is 7.81. The lowest BCUT2D eigenvalue weighted by atomic mass is 9.99. The largest absolute Gasteiger partial charge is 0.381 e. The Labute approximate surface area is 83.2 Å². The molecule has 0 spiro atoms. The summed E-state index contributed by atoms with van der Waals surface area (Å²) in [5.74, 6) is 0.582. The molecule has 14 heavy (non-hydrogen) atoms. The molecular weight excluding hydrogens is 178 g/mol. The molecule has 0 saturated carbocycles. The Kier molecular flexibility index (Phi) is 2.03. The van der Waals surface area contributed by atoms with Gasteiger partial charge in [-0.25, -0.2) is 0 Å². The van der Waals surface area contributed by atoms with Crippen LogP contribution in [-0.2, 0) is 17.8 Å². The summed E-state index contributed by atoms with van der Waals surface area (Å²) in [6.45, 7) is 4.78.